The first-order chi connectivity index (χ1) is 25.6. The molecular weight excluding hydrogens is 729 g/mol. The smallest absolute Gasteiger partial charge is 0.471 e. The minimum atomic E-state index is -5.29. The SMILES string of the molecule is CC(C)(C)OC(=O)NCCOc1ccc(C[C@H](NC(=O)c2ccc(N(Cc3cnc4nc(N)[nH]c(=O)c4n3)C(=O)C(F)(F)F)cc2)C(=O)OC(C)(C)C)cc1. The first-order valence-corrected chi connectivity index (χ1v) is 16.8. The van der Waals surface area contributed by atoms with Gasteiger partial charge < -0.3 is 30.6 Å². The molecule has 1 atom stereocenters. The molecule has 2 heterocycles. The minimum absolute atomic E-state index is 0.00478. The number of ether oxygens (including phenoxy) is 3. The number of anilines is 2. The summed E-state index contributed by atoms with van der Waals surface area (Å²) in [5, 5.41) is 5.21. The van der Waals surface area contributed by atoms with Gasteiger partial charge in [-0.05, 0) is 83.5 Å². The standard InChI is InChI=1S/C36H41F3N8O8/c1-34(2,3)54-30(50)25(17-20-7-13-24(14-8-20)53-16-15-41-33(52)55-35(4,5)6)44-28(48)21-9-11-23(12-10-21)47(31(51)36(37,38)39)19-22-18-42-27-26(43-22)29(49)46-32(40)45-27/h7-14,18,25H,15-17,19H2,1-6H3,(H,41,52)(H,44,48)(H3,40,42,45,46,49)/t25-/m0/s1. The number of fused-ring (bicyclic) bond motifs is 1. The lowest BCUT2D eigenvalue weighted by atomic mass is 10.0. The van der Waals surface area contributed by atoms with Crippen LogP contribution in [-0.2, 0) is 32.0 Å². The van der Waals surface area contributed by atoms with E-state index in [2.05, 4.69) is 30.6 Å². The zero-order valence-corrected chi connectivity index (χ0v) is 30.9. The van der Waals surface area contributed by atoms with Crippen LogP contribution in [0.5, 0.6) is 5.75 Å². The number of amides is 3. The number of rotatable bonds is 12. The normalized spacial score (nSPS) is 12.4. The number of aromatic amines is 1. The van der Waals surface area contributed by atoms with E-state index >= 15 is 0 Å². The molecule has 0 aliphatic rings. The van der Waals surface area contributed by atoms with Gasteiger partial charge in [0.2, 0.25) is 5.95 Å². The lowest BCUT2D eigenvalue weighted by Crippen LogP contribution is -2.45. The van der Waals surface area contributed by atoms with Crippen molar-refractivity contribution >= 4 is 46.7 Å². The van der Waals surface area contributed by atoms with Crippen molar-refractivity contribution in [3.63, 3.8) is 0 Å². The molecule has 0 saturated heterocycles. The molecule has 2 aromatic heterocycles. The van der Waals surface area contributed by atoms with Crippen LogP contribution >= 0.6 is 0 Å². The third kappa shape index (κ3) is 12.4. The molecule has 0 saturated carbocycles. The predicted molar refractivity (Wildman–Crippen MR) is 193 cm³/mol. The van der Waals surface area contributed by atoms with Gasteiger partial charge in [0.25, 0.3) is 11.5 Å². The Kier molecular flexibility index (Phi) is 12.7. The van der Waals surface area contributed by atoms with Crippen molar-refractivity contribution in [3.05, 3.63) is 81.9 Å². The second kappa shape index (κ2) is 16.8. The molecule has 0 radical (unpaired) electrons. The molecule has 0 aliphatic heterocycles. The van der Waals surface area contributed by atoms with Crippen LogP contribution < -0.4 is 31.6 Å². The number of halogens is 3. The number of hydrogen-bond acceptors (Lipinski definition) is 12. The van der Waals surface area contributed by atoms with Gasteiger partial charge >= 0.3 is 24.1 Å². The number of benzene rings is 2. The number of nitrogen functional groups attached to an aromatic ring is 1. The highest BCUT2D eigenvalue weighted by atomic mass is 19.4. The van der Waals surface area contributed by atoms with E-state index in [1.54, 1.807) is 65.8 Å². The first kappa shape index (κ1) is 41.5. The van der Waals surface area contributed by atoms with Crippen LogP contribution in [0.3, 0.4) is 0 Å². The molecule has 3 amide bonds. The maximum absolute atomic E-state index is 13.7. The fourth-order valence-corrected chi connectivity index (χ4v) is 4.84. The lowest BCUT2D eigenvalue weighted by molar-refractivity contribution is -0.170. The molecule has 0 unspecified atom stereocenters. The van der Waals surface area contributed by atoms with Gasteiger partial charge in [0.15, 0.2) is 11.2 Å². The number of carbonyl (C=O) groups is 4. The van der Waals surface area contributed by atoms with Crippen LogP contribution in [-0.4, -0.2) is 80.4 Å². The molecule has 5 N–H and O–H groups in total. The summed E-state index contributed by atoms with van der Waals surface area (Å²) >= 11 is 0. The summed E-state index contributed by atoms with van der Waals surface area (Å²) in [6, 6.07) is 10.1. The molecule has 19 heteroatoms. The Bertz CT molecular complexity index is 2080. The van der Waals surface area contributed by atoms with Gasteiger partial charge in [0.1, 0.15) is 29.6 Å². The molecule has 4 aromatic rings. The Hall–Kier alpha value is -6.27. The van der Waals surface area contributed by atoms with Crippen molar-refractivity contribution in [2.75, 3.05) is 23.8 Å². The van der Waals surface area contributed by atoms with Crippen molar-refractivity contribution < 1.29 is 46.6 Å². The van der Waals surface area contributed by atoms with Crippen LogP contribution in [0.1, 0.15) is 63.2 Å². The summed E-state index contributed by atoms with van der Waals surface area (Å²) in [5.74, 6) is -3.48. The molecule has 2 aromatic carbocycles. The van der Waals surface area contributed by atoms with Crippen molar-refractivity contribution in [1.82, 2.24) is 30.6 Å². The molecule has 294 valence electrons. The van der Waals surface area contributed by atoms with Crippen LogP contribution in [0.2, 0.25) is 0 Å². The molecule has 4 rings (SSSR count). The van der Waals surface area contributed by atoms with Gasteiger partial charge in [0.05, 0.1) is 25.0 Å². The summed E-state index contributed by atoms with van der Waals surface area (Å²) in [6.07, 6.45) is -4.81. The zero-order valence-electron chi connectivity index (χ0n) is 30.9. The van der Waals surface area contributed by atoms with Gasteiger partial charge in [0, 0.05) is 17.7 Å². The van der Waals surface area contributed by atoms with Crippen molar-refractivity contribution in [2.24, 2.45) is 0 Å². The number of alkyl halides is 3. The monoisotopic (exact) mass is 770 g/mol. The summed E-state index contributed by atoms with van der Waals surface area (Å²) in [5.41, 5.74) is 2.91. The van der Waals surface area contributed by atoms with Gasteiger partial charge in [-0.25, -0.2) is 19.6 Å². The number of hydrogen-bond donors (Lipinski definition) is 4. The van der Waals surface area contributed by atoms with Crippen molar-refractivity contribution in [1.29, 1.82) is 0 Å². The van der Waals surface area contributed by atoms with E-state index in [0.717, 1.165) is 18.3 Å². The highest BCUT2D eigenvalue weighted by molar-refractivity contribution is 5.99. The largest absolute Gasteiger partial charge is 0.492 e. The predicted octanol–water partition coefficient (Wildman–Crippen LogP) is 3.98. The Labute approximate surface area is 313 Å². The van der Waals surface area contributed by atoms with Crippen LogP contribution in [0, 0.1) is 0 Å². The number of nitrogens with one attached hydrogen (secondary N) is 3. The number of alkyl carbamates (subject to hydrolysis) is 1. The van der Waals surface area contributed by atoms with Crippen LogP contribution in [0.15, 0.2) is 59.5 Å². The quantitative estimate of drug-likeness (QED) is 0.119. The van der Waals surface area contributed by atoms with Crippen LogP contribution in [0.4, 0.5) is 29.6 Å². The Morgan fingerprint density at radius 1 is 0.909 bits per heavy atom. The maximum Gasteiger partial charge on any atom is 0.471 e. The Morgan fingerprint density at radius 3 is 2.15 bits per heavy atom. The van der Waals surface area contributed by atoms with E-state index in [9.17, 15) is 37.1 Å². The summed E-state index contributed by atoms with van der Waals surface area (Å²) in [6.45, 7) is 9.83. The van der Waals surface area contributed by atoms with E-state index in [0.29, 0.717) is 16.2 Å². The van der Waals surface area contributed by atoms with Crippen molar-refractivity contribution in [3.8, 4) is 5.75 Å². The maximum atomic E-state index is 13.7. The van der Waals surface area contributed by atoms with E-state index in [1.807, 2.05) is 0 Å². The van der Waals surface area contributed by atoms with E-state index < -0.39 is 59.4 Å². The number of H-pyrrole nitrogens is 1. The molecular formula is C36H41F3N8O8. The molecule has 0 spiro atoms. The summed E-state index contributed by atoms with van der Waals surface area (Å²) in [4.78, 5) is 77.6. The lowest BCUT2D eigenvalue weighted by Gasteiger charge is -2.25. The first-order valence-electron chi connectivity index (χ1n) is 16.8. The second-order valence-corrected chi connectivity index (χ2v) is 14.1. The van der Waals surface area contributed by atoms with Crippen molar-refractivity contribution in [2.45, 2.75) is 77.9 Å². The van der Waals surface area contributed by atoms with E-state index in [1.165, 1.54) is 12.1 Å². The molecule has 55 heavy (non-hydrogen) atoms. The highest BCUT2D eigenvalue weighted by Crippen LogP contribution is 2.26. The summed E-state index contributed by atoms with van der Waals surface area (Å²) in [7, 11) is 0. The molecule has 16 nitrogen and oxygen atoms in total. The molecule has 0 aliphatic carbocycles. The fourth-order valence-electron chi connectivity index (χ4n) is 4.84. The third-order valence-corrected chi connectivity index (χ3v) is 7.13. The number of aromatic nitrogens is 4. The average Bonchev–Trinajstić information content (AvgIpc) is 3.07. The highest BCUT2D eigenvalue weighted by Gasteiger charge is 2.43. The van der Waals surface area contributed by atoms with Gasteiger partial charge in [-0.1, -0.05) is 12.1 Å². The zero-order chi connectivity index (χ0) is 40.7. The van der Waals surface area contributed by atoms with Gasteiger partial charge in [-0.2, -0.15) is 18.2 Å². The molecule has 0 bridgehead atoms. The number of nitrogens with two attached hydrogens (primary N) is 1. The van der Waals surface area contributed by atoms with Gasteiger partial charge in [-0.3, -0.25) is 24.3 Å². The average molecular weight is 771 g/mol. The van der Waals surface area contributed by atoms with Crippen LogP contribution in [0.25, 0.3) is 11.2 Å². The van der Waals surface area contributed by atoms with Gasteiger partial charge in [-0.15, -0.1) is 0 Å². The Morgan fingerprint density at radius 2 is 1.55 bits per heavy atom. The fraction of sp³-hybridized carbons (Fsp3) is 0.389. The number of nitrogens with zero attached hydrogens (tertiary/aromatic N) is 4. The number of carbonyl (C=O) groups excluding carboxylic acids is 4. The number of esters is 1. The summed E-state index contributed by atoms with van der Waals surface area (Å²) < 4.78 is 57.5. The van der Waals surface area contributed by atoms with E-state index in [-0.39, 0.29) is 53.6 Å². The minimum Gasteiger partial charge on any atom is -0.492 e. The molecule has 0 fully saturated rings. The van der Waals surface area contributed by atoms with E-state index in [4.69, 9.17) is 19.9 Å². The topological polar surface area (TPSA) is 221 Å². The second-order valence-electron chi connectivity index (χ2n) is 14.1. The Balaban J connectivity index is 1.47. The third-order valence-electron chi connectivity index (χ3n) is 7.13.